The SMILES string of the molecule is CC(C)(C)C1=CC(C(=O)O)=C(c2ccccc2)C(C(C)(C)C)C1(O)Cl. The molecule has 1 aliphatic rings. The molecule has 2 atom stereocenters. The molecule has 0 spiro atoms. The lowest BCUT2D eigenvalue weighted by Crippen LogP contribution is -2.48. The van der Waals surface area contributed by atoms with Crippen LogP contribution >= 0.6 is 11.6 Å². The molecular formula is C21H27ClO3. The van der Waals surface area contributed by atoms with Crippen LogP contribution in [0, 0.1) is 16.7 Å². The smallest absolute Gasteiger partial charge is 0.335 e. The van der Waals surface area contributed by atoms with Crippen molar-refractivity contribution in [3.63, 3.8) is 0 Å². The lowest BCUT2D eigenvalue weighted by atomic mass is 9.62. The van der Waals surface area contributed by atoms with Crippen molar-refractivity contribution in [1.82, 2.24) is 0 Å². The van der Waals surface area contributed by atoms with E-state index in [-0.39, 0.29) is 5.57 Å². The first kappa shape index (κ1) is 19.7. The number of carboxylic acids is 1. The highest BCUT2D eigenvalue weighted by Crippen LogP contribution is 2.56. The summed E-state index contributed by atoms with van der Waals surface area (Å²) in [7, 11) is 0. The van der Waals surface area contributed by atoms with Gasteiger partial charge in [0.2, 0.25) is 0 Å². The number of hydrogen-bond acceptors (Lipinski definition) is 2. The first-order valence-corrected chi connectivity index (χ1v) is 8.82. The Bertz CT molecular complexity index is 729. The van der Waals surface area contributed by atoms with E-state index in [0.717, 1.165) is 5.56 Å². The molecule has 0 heterocycles. The summed E-state index contributed by atoms with van der Waals surface area (Å²) in [5.74, 6) is -1.59. The lowest BCUT2D eigenvalue weighted by Gasteiger charge is -2.48. The number of rotatable bonds is 2. The topological polar surface area (TPSA) is 57.5 Å². The van der Waals surface area contributed by atoms with Gasteiger partial charge in [0.05, 0.1) is 5.57 Å². The van der Waals surface area contributed by atoms with Crippen LogP contribution in [0.5, 0.6) is 0 Å². The van der Waals surface area contributed by atoms with Gasteiger partial charge in [0.1, 0.15) is 0 Å². The number of carboxylic acid groups (broad SMARTS) is 1. The Morgan fingerprint density at radius 1 is 1.08 bits per heavy atom. The van der Waals surface area contributed by atoms with E-state index in [4.69, 9.17) is 11.6 Å². The molecular weight excluding hydrogens is 336 g/mol. The highest BCUT2D eigenvalue weighted by molar-refractivity contribution is 6.26. The van der Waals surface area contributed by atoms with Crippen LogP contribution in [-0.2, 0) is 4.79 Å². The molecule has 0 aromatic heterocycles. The van der Waals surface area contributed by atoms with Gasteiger partial charge in [0.25, 0.3) is 0 Å². The minimum atomic E-state index is -1.67. The average Bonchev–Trinajstić information content (AvgIpc) is 2.43. The quantitative estimate of drug-likeness (QED) is 0.719. The summed E-state index contributed by atoms with van der Waals surface area (Å²) in [5, 5.41) is 19.6. The van der Waals surface area contributed by atoms with Crippen LogP contribution in [0.25, 0.3) is 5.57 Å². The van der Waals surface area contributed by atoms with Gasteiger partial charge >= 0.3 is 5.97 Å². The fourth-order valence-corrected chi connectivity index (χ4v) is 4.47. The number of carbonyl (C=O) groups is 1. The highest BCUT2D eigenvalue weighted by atomic mass is 35.5. The van der Waals surface area contributed by atoms with Gasteiger partial charge in [-0.3, -0.25) is 0 Å². The van der Waals surface area contributed by atoms with Gasteiger partial charge in [-0.1, -0.05) is 83.5 Å². The fraction of sp³-hybridized carbons (Fsp3) is 0.476. The Morgan fingerprint density at radius 2 is 1.60 bits per heavy atom. The molecule has 0 fully saturated rings. The second kappa shape index (κ2) is 6.30. The molecule has 0 saturated carbocycles. The van der Waals surface area contributed by atoms with Crippen molar-refractivity contribution in [2.45, 2.75) is 46.6 Å². The predicted molar refractivity (Wildman–Crippen MR) is 102 cm³/mol. The summed E-state index contributed by atoms with van der Waals surface area (Å²) in [5.41, 5.74) is 1.14. The Labute approximate surface area is 155 Å². The summed E-state index contributed by atoms with van der Waals surface area (Å²) < 4.78 is 0. The Morgan fingerprint density at radius 3 is 2.00 bits per heavy atom. The molecule has 0 aliphatic heterocycles. The molecule has 136 valence electrons. The molecule has 2 rings (SSSR count). The molecule has 0 bridgehead atoms. The van der Waals surface area contributed by atoms with Gasteiger partial charge in [-0.25, -0.2) is 4.79 Å². The van der Waals surface area contributed by atoms with Crippen LogP contribution < -0.4 is 0 Å². The molecule has 25 heavy (non-hydrogen) atoms. The van der Waals surface area contributed by atoms with Crippen molar-refractivity contribution >= 4 is 23.1 Å². The number of aliphatic carboxylic acids is 1. The van der Waals surface area contributed by atoms with Crippen molar-refractivity contribution in [2.75, 3.05) is 0 Å². The highest BCUT2D eigenvalue weighted by Gasteiger charge is 2.53. The zero-order chi connectivity index (χ0) is 19.2. The van der Waals surface area contributed by atoms with Crippen LogP contribution in [0.3, 0.4) is 0 Å². The maximum Gasteiger partial charge on any atom is 0.335 e. The monoisotopic (exact) mass is 362 g/mol. The van der Waals surface area contributed by atoms with Gasteiger partial charge < -0.3 is 10.2 Å². The number of aliphatic hydroxyl groups is 1. The van der Waals surface area contributed by atoms with Crippen LogP contribution in [0.4, 0.5) is 0 Å². The average molecular weight is 363 g/mol. The molecule has 1 aliphatic carbocycles. The van der Waals surface area contributed by atoms with Crippen molar-refractivity contribution in [3.05, 3.63) is 53.1 Å². The molecule has 0 radical (unpaired) electrons. The van der Waals surface area contributed by atoms with Crippen LogP contribution in [-0.4, -0.2) is 21.2 Å². The van der Waals surface area contributed by atoms with Crippen LogP contribution in [0.15, 0.2) is 47.6 Å². The molecule has 0 saturated heterocycles. The van der Waals surface area contributed by atoms with Gasteiger partial charge in [-0.05, 0) is 33.6 Å². The third-order valence-corrected chi connectivity index (χ3v) is 5.04. The minimum Gasteiger partial charge on any atom is -0.478 e. The van der Waals surface area contributed by atoms with Crippen molar-refractivity contribution < 1.29 is 15.0 Å². The third-order valence-electron chi connectivity index (χ3n) is 4.62. The van der Waals surface area contributed by atoms with Crippen molar-refractivity contribution in [2.24, 2.45) is 16.7 Å². The molecule has 3 nitrogen and oxygen atoms in total. The van der Waals surface area contributed by atoms with E-state index in [1.54, 1.807) is 6.08 Å². The van der Waals surface area contributed by atoms with E-state index >= 15 is 0 Å². The van der Waals surface area contributed by atoms with Crippen molar-refractivity contribution in [1.29, 1.82) is 0 Å². The second-order valence-corrected chi connectivity index (χ2v) is 9.36. The third kappa shape index (κ3) is 3.68. The normalized spacial score (nSPS) is 25.0. The zero-order valence-electron chi connectivity index (χ0n) is 15.7. The number of halogens is 1. The number of benzene rings is 1. The van der Waals surface area contributed by atoms with Gasteiger partial charge in [-0.2, -0.15) is 0 Å². The van der Waals surface area contributed by atoms with E-state index in [2.05, 4.69) is 0 Å². The molecule has 2 unspecified atom stereocenters. The van der Waals surface area contributed by atoms with Gasteiger partial charge in [-0.15, -0.1) is 0 Å². The van der Waals surface area contributed by atoms with E-state index in [0.29, 0.717) is 11.1 Å². The largest absolute Gasteiger partial charge is 0.478 e. The summed E-state index contributed by atoms with van der Waals surface area (Å²) in [6.07, 6.45) is 1.56. The lowest BCUT2D eigenvalue weighted by molar-refractivity contribution is -0.132. The Kier molecular flexibility index (Phi) is 4.97. The first-order valence-electron chi connectivity index (χ1n) is 8.44. The van der Waals surface area contributed by atoms with Gasteiger partial charge in [0.15, 0.2) is 5.06 Å². The maximum absolute atomic E-state index is 12.1. The number of hydrogen-bond donors (Lipinski definition) is 2. The summed E-state index contributed by atoms with van der Waals surface area (Å²) in [6.45, 7) is 11.7. The van der Waals surface area contributed by atoms with Crippen molar-refractivity contribution in [3.8, 4) is 0 Å². The fourth-order valence-electron chi connectivity index (χ4n) is 3.69. The summed E-state index contributed by atoms with van der Waals surface area (Å²) in [4.78, 5) is 12.1. The predicted octanol–water partition coefficient (Wildman–Crippen LogP) is 5.10. The maximum atomic E-state index is 12.1. The number of alkyl halides is 1. The Balaban J connectivity index is 2.92. The molecule has 0 amide bonds. The van der Waals surface area contributed by atoms with E-state index in [9.17, 15) is 15.0 Å². The Hall–Kier alpha value is -1.58. The van der Waals surface area contributed by atoms with Gasteiger partial charge in [0, 0.05) is 5.92 Å². The summed E-state index contributed by atoms with van der Waals surface area (Å²) >= 11 is 6.75. The van der Waals surface area contributed by atoms with E-state index < -0.39 is 27.8 Å². The summed E-state index contributed by atoms with van der Waals surface area (Å²) in [6, 6.07) is 9.32. The molecule has 1 aromatic carbocycles. The van der Waals surface area contributed by atoms with E-state index in [1.165, 1.54) is 0 Å². The van der Waals surface area contributed by atoms with Crippen LogP contribution in [0.2, 0.25) is 0 Å². The first-order chi connectivity index (χ1) is 11.3. The zero-order valence-corrected chi connectivity index (χ0v) is 16.5. The van der Waals surface area contributed by atoms with Crippen LogP contribution in [0.1, 0.15) is 47.1 Å². The second-order valence-electron chi connectivity index (χ2n) is 8.78. The van der Waals surface area contributed by atoms with E-state index in [1.807, 2.05) is 71.9 Å². The molecule has 1 aromatic rings. The molecule has 2 N–H and O–H groups in total. The standard InChI is InChI=1S/C21H27ClO3/c1-19(2,3)15-12-14(18(23)24)16(13-10-8-7-9-11-13)17(20(4,5)6)21(15,22)25/h7-12,17,25H,1-6H3,(H,23,24). The minimum absolute atomic E-state index is 0.196. The molecule has 4 heteroatoms.